The van der Waals surface area contributed by atoms with E-state index < -0.39 is 0 Å². The number of nitrogens with two attached hydrogens (primary N) is 1. The Morgan fingerprint density at radius 2 is 2.30 bits per heavy atom. The summed E-state index contributed by atoms with van der Waals surface area (Å²) in [5.74, 6) is 1.31. The van der Waals surface area contributed by atoms with Crippen molar-refractivity contribution in [3.8, 4) is 0 Å². The van der Waals surface area contributed by atoms with Gasteiger partial charge in [0.15, 0.2) is 0 Å². The van der Waals surface area contributed by atoms with Crippen molar-refractivity contribution in [3.05, 3.63) is 27.5 Å². The first-order valence-electron chi connectivity index (χ1n) is 6.82. The zero-order valence-corrected chi connectivity index (χ0v) is 13.7. The van der Waals surface area contributed by atoms with E-state index in [1.807, 2.05) is 18.2 Å². The highest BCUT2D eigenvalue weighted by molar-refractivity contribution is 9.10. The smallest absolute Gasteiger partial charge is 0.263 e. The topological polar surface area (TPSA) is 55.1 Å². The van der Waals surface area contributed by atoms with Gasteiger partial charge in [-0.25, -0.2) is 0 Å². The molecule has 3 N–H and O–H groups in total. The summed E-state index contributed by atoms with van der Waals surface area (Å²) < 4.78 is 2.04. The maximum atomic E-state index is 12.3. The van der Waals surface area contributed by atoms with Crippen molar-refractivity contribution >= 4 is 48.9 Å². The second-order valence-corrected chi connectivity index (χ2v) is 7.48. The molecule has 1 fully saturated rings. The maximum Gasteiger partial charge on any atom is 0.263 e. The Morgan fingerprint density at radius 1 is 1.55 bits per heavy atom. The largest absolute Gasteiger partial charge is 0.397 e. The number of halogens is 1. The molecule has 1 aromatic carbocycles. The van der Waals surface area contributed by atoms with Crippen LogP contribution in [0, 0.1) is 11.8 Å². The van der Waals surface area contributed by atoms with E-state index in [2.05, 4.69) is 28.2 Å². The number of nitrogen functional groups attached to an aromatic ring is 1. The van der Waals surface area contributed by atoms with Gasteiger partial charge in [0.25, 0.3) is 5.91 Å². The Kier molecular flexibility index (Phi) is 3.73. The molecule has 0 saturated heterocycles. The van der Waals surface area contributed by atoms with E-state index in [9.17, 15) is 4.79 Å². The summed E-state index contributed by atoms with van der Waals surface area (Å²) in [5.41, 5.74) is 6.69. The molecule has 20 heavy (non-hydrogen) atoms. The second kappa shape index (κ2) is 5.37. The fraction of sp³-hybridized carbons (Fsp3) is 0.400. The number of amides is 1. The SMILES string of the molecule is CC(CNC(=O)c1sc2cc(Br)ccc2c1N)C1CC1. The number of thiophene rings is 1. The molecular weight excluding hydrogens is 336 g/mol. The van der Waals surface area contributed by atoms with E-state index in [0.717, 1.165) is 27.0 Å². The van der Waals surface area contributed by atoms with Crippen LogP contribution in [0.25, 0.3) is 10.1 Å². The van der Waals surface area contributed by atoms with Crippen molar-refractivity contribution in [2.45, 2.75) is 19.8 Å². The zero-order chi connectivity index (χ0) is 14.3. The molecule has 2 aromatic rings. The number of carbonyl (C=O) groups excluding carboxylic acids is 1. The Hall–Kier alpha value is -1.07. The van der Waals surface area contributed by atoms with Crippen molar-refractivity contribution in [2.75, 3.05) is 12.3 Å². The van der Waals surface area contributed by atoms with Gasteiger partial charge in [0, 0.05) is 21.1 Å². The summed E-state index contributed by atoms with van der Waals surface area (Å²) in [6.45, 7) is 2.93. The van der Waals surface area contributed by atoms with Crippen molar-refractivity contribution in [1.82, 2.24) is 5.32 Å². The lowest BCUT2D eigenvalue weighted by Gasteiger charge is -2.10. The Labute approximate surface area is 130 Å². The average Bonchev–Trinajstić information content (AvgIpc) is 3.21. The summed E-state index contributed by atoms with van der Waals surface area (Å²) in [7, 11) is 0. The van der Waals surface area contributed by atoms with Gasteiger partial charge in [0.05, 0.1) is 5.69 Å². The highest BCUT2D eigenvalue weighted by Crippen LogP contribution is 2.37. The minimum atomic E-state index is -0.0488. The third kappa shape index (κ3) is 2.69. The molecule has 1 saturated carbocycles. The molecule has 1 heterocycles. The van der Waals surface area contributed by atoms with Gasteiger partial charge in [-0.05, 0) is 36.8 Å². The summed E-state index contributed by atoms with van der Waals surface area (Å²) in [4.78, 5) is 12.9. The van der Waals surface area contributed by atoms with Crippen LogP contribution in [0.3, 0.4) is 0 Å². The molecule has 1 unspecified atom stereocenters. The van der Waals surface area contributed by atoms with Gasteiger partial charge in [-0.1, -0.05) is 28.9 Å². The first-order chi connectivity index (χ1) is 9.56. The maximum absolute atomic E-state index is 12.3. The van der Waals surface area contributed by atoms with E-state index in [-0.39, 0.29) is 5.91 Å². The first kappa shape index (κ1) is 13.9. The molecule has 5 heteroatoms. The molecule has 1 aliphatic carbocycles. The number of benzene rings is 1. The highest BCUT2D eigenvalue weighted by Gasteiger charge is 2.28. The van der Waals surface area contributed by atoms with Gasteiger partial charge >= 0.3 is 0 Å². The van der Waals surface area contributed by atoms with Crippen LogP contribution in [-0.2, 0) is 0 Å². The van der Waals surface area contributed by atoms with Crippen molar-refractivity contribution in [2.24, 2.45) is 11.8 Å². The predicted octanol–water partition coefficient (Wildman–Crippen LogP) is 4.02. The Morgan fingerprint density at radius 3 is 3.00 bits per heavy atom. The molecule has 1 aromatic heterocycles. The lowest BCUT2D eigenvalue weighted by atomic mass is 10.1. The van der Waals surface area contributed by atoms with Crippen molar-refractivity contribution in [3.63, 3.8) is 0 Å². The number of hydrogen-bond donors (Lipinski definition) is 2. The molecule has 0 radical (unpaired) electrons. The lowest BCUT2D eigenvalue weighted by Crippen LogP contribution is -2.28. The van der Waals surface area contributed by atoms with Crippen LogP contribution >= 0.6 is 27.3 Å². The van der Waals surface area contributed by atoms with Gasteiger partial charge in [-0.15, -0.1) is 11.3 Å². The Balaban J connectivity index is 1.78. The van der Waals surface area contributed by atoms with E-state index in [1.165, 1.54) is 24.2 Å². The molecule has 0 bridgehead atoms. The molecule has 3 nitrogen and oxygen atoms in total. The third-order valence-corrected chi connectivity index (χ3v) is 5.57. The third-order valence-electron chi connectivity index (χ3n) is 3.91. The summed E-state index contributed by atoms with van der Waals surface area (Å²) in [6, 6.07) is 5.90. The highest BCUT2D eigenvalue weighted by atomic mass is 79.9. The lowest BCUT2D eigenvalue weighted by molar-refractivity contribution is 0.0951. The molecule has 106 valence electrons. The minimum absolute atomic E-state index is 0.0488. The van der Waals surface area contributed by atoms with E-state index in [0.29, 0.717) is 16.5 Å². The molecule has 0 aliphatic heterocycles. The van der Waals surface area contributed by atoms with E-state index >= 15 is 0 Å². The normalized spacial score (nSPS) is 16.3. The fourth-order valence-electron chi connectivity index (χ4n) is 2.42. The molecular formula is C15H17BrN2OS. The quantitative estimate of drug-likeness (QED) is 0.872. The van der Waals surface area contributed by atoms with Crippen molar-refractivity contribution < 1.29 is 4.79 Å². The number of hydrogen-bond acceptors (Lipinski definition) is 3. The molecule has 0 spiro atoms. The molecule has 3 rings (SSSR count). The summed E-state index contributed by atoms with van der Waals surface area (Å²) in [6.07, 6.45) is 2.60. The van der Waals surface area contributed by atoms with Crippen LogP contribution < -0.4 is 11.1 Å². The Bertz CT molecular complexity index is 663. The van der Waals surface area contributed by atoms with Gasteiger partial charge in [-0.3, -0.25) is 4.79 Å². The summed E-state index contributed by atoms with van der Waals surface area (Å²) in [5, 5.41) is 3.97. The number of fused-ring (bicyclic) bond motifs is 1. The van der Waals surface area contributed by atoms with Gasteiger partial charge in [-0.2, -0.15) is 0 Å². The first-order valence-corrected chi connectivity index (χ1v) is 8.43. The van der Waals surface area contributed by atoms with E-state index in [1.54, 1.807) is 0 Å². The van der Waals surface area contributed by atoms with Crippen LogP contribution in [0.2, 0.25) is 0 Å². The monoisotopic (exact) mass is 352 g/mol. The molecule has 1 amide bonds. The van der Waals surface area contributed by atoms with Gasteiger partial charge in [0.1, 0.15) is 4.88 Å². The van der Waals surface area contributed by atoms with Gasteiger partial charge < -0.3 is 11.1 Å². The molecule has 1 aliphatic rings. The standard InChI is InChI=1S/C15H17BrN2OS/c1-8(9-2-3-9)7-18-15(19)14-13(17)11-5-4-10(16)6-12(11)20-14/h4-6,8-9H,2-3,7,17H2,1H3,(H,18,19). The zero-order valence-electron chi connectivity index (χ0n) is 11.3. The second-order valence-electron chi connectivity index (χ2n) is 5.51. The van der Waals surface area contributed by atoms with Crippen LogP contribution in [0.4, 0.5) is 5.69 Å². The predicted molar refractivity (Wildman–Crippen MR) is 88.2 cm³/mol. The van der Waals surface area contributed by atoms with Crippen LogP contribution in [0.1, 0.15) is 29.4 Å². The summed E-state index contributed by atoms with van der Waals surface area (Å²) >= 11 is 4.90. The van der Waals surface area contributed by atoms with Gasteiger partial charge in [0.2, 0.25) is 0 Å². The molecule has 1 atom stereocenters. The average molecular weight is 353 g/mol. The fourth-order valence-corrected chi connectivity index (χ4v) is 4.02. The van der Waals surface area contributed by atoms with Crippen LogP contribution in [0.15, 0.2) is 22.7 Å². The minimum Gasteiger partial charge on any atom is -0.397 e. The van der Waals surface area contributed by atoms with Crippen molar-refractivity contribution in [1.29, 1.82) is 0 Å². The number of anilines is 1. The number of nitrogens with one attached hydrogen (secondary N) is 1. The van der Waals surface area contributed by atoms with E-state index in [4.69, 9.17) is 5.73 Å². The number of rotatable bonds is 4. The van der Waals surface area contributed by atoms with Crippen LogP contribution in [-0.4, -0.2) is 12.5 Å². The van der Waals surface area contributed by atoms with Crippen LogP contribution in [0.5, 0.6) is 0 Å². The number of carbonyl (C=O) groups is 1.